The van der Waals surface area contributed by atoms with E-state index < -0.39 is 0 Å². The zero-order valence-electron chi connectivity index (χ0n) is 10.9. The van der Waals surface area contributed by atoms with E-state index in [1.807, 2.05) is 0 Å². The van der Waals surface area contributed by atoms with Gasteiger partial charge in [0.25, 0.3) is 0 Å². The lowest BCUT2D eigenvalue weighted by Gasteiger charge is -2.39. The van der Waals surface area contributed by atoms with E-state index in [2.05, 4.69) is 20.8 Å². The van der Waals surface area contributed by atoms with Crippen LogP contribution in [0.15, 0.2) is 16.6 Å². The second-order valence-corrected chi connectivity index (χ2v) is 6.46. The summed E-state index contributed by atoms with van der Waals surface area (Å²) in [5.74, 6) is -0.289. The lowest BCUT2D eigenvalue weighted by molar-refractivity contribution is 0.0254. The van der Waals surface area contributed by atoms with Crippen LogP contribution in [0.3, 0.4) is 0 Å². The van der Waals surface area contributed by atoms with Crippen LogP contribution in [0.25, 0.3) is 0 Å². The van der Waals surface area contributed by atoms with E-state index in [0.29, 0.717) is 22.3 Å². The quantitative estimate of drug-likeness (QED) is 0.824. The first-order chi connectivity index (χ1) is 9.59. The Balaban J connectivity index is 1.97. The number of rotatable bonds is 2. The van der Waals surface area contributed by atoms with E-state index >= 15 is 0 Å². The van der Waals surface area contributed by atoms with Crippen molar-refractivity contribution in [3.63, 3.8) is 0 Å². The van der Waals surface area contributed by atoms with Gasteiger partial charge in [-0.05, 0) is 47.3 Å². The number of nitrogens with zero attached hydrogens (tertiary/aromatic N) is 1. The van der Waals surface area contributed by atoms with Gasteiger partial charge in [-0.2, -0.15) is 0 Å². The highest BCUT2D eigenvalue weighted by Gasteiger charge is 2.37. The predicted octanol–water partition coefficient (Wildman–Crippen LogP) is 2.98. The summed E-state index contributed by atoms with van der Waals surface area (Å²) in [5.41, 5.74) is 6.75. The molecule has 0 amide bonds. The maximum atomic E-state index is 14.6. The van der Waals surface area contributed by atoms with Crippen LogP contribution in [0.4, 0.5) is 10.1 Å². The molecule has 3 rings (SSSR count). The number of morpholine rings is 1. The molecule has 2 unspecified atom stereocenters. The average molecular weight is 359 g/mol. The maximum absolute atomic E-state index is 14.6. The number of hydrogen-bond acceptors (Lipinski definition) is 3. The van der Waals surface area contributed by atoms with Gasteiger partial charge in [-0.15, -0.1) is 0 Å². The minimum absolute atomic E-state index is 0.197. The van der Waals surface area contributed by atoms with Gasteiger partial charge in [0.2, 0.25) is 0 Å². The molecule has 2 aliphatic rings. The Hall–Kier alpha value is -0.720. The van der Waals surface area contributed by atoms with E-state index in [4.69, 9.17) is 22.7 Å². The number of ether oxygens (including phenoxy) is 1. The summed E-state index contributed by atoms with van der Waals surface area (Å²) in [6, 6.07) is 3.83. The third kappa shape index (κ3) is 2.34. The van der Waals surface area contributed by atoms with E-state index in [1.54, 1.807) is 12.1 Å². The normalized spacial score (nSPS) is 25.6. The molecule has 0 spiro atoms. The Morgan fingerprint density at radius 1 is 1.45 bits per heavy atom. The summed E-state index contributed by atoms with van der Waals surface area (Å²) in [6.45, 7) is 1.37. The third-order valence-electron chi connectivity index (χ3n) is 4.12. The summed E-state index contributed by atoms with van der Waals surface area (Å²) >= 11 is 8.20. The molecular weight excluding hydrogens is 343 g/mol. The minimum atomic E-state index is -0.289. The van der Waals surface area contributed by atoms with Gasteiger partial charge in [0.05, 0.1) is 28.9 Å². The molecule has 20 heavy (non-hydrogen) atoms. The van der Waals surface area contributed by atoms with Crippen LogP contribution in [0.2, 0.25) is 0 Å². The van der Waals surface area contributed by atoms with Crippen LogP contribution < -0.4 is 10.6 Å². The van der Waals surface area contributed by atoms with Gasteiger partial charge in [0.15, 0.2) is 5.82 Å². The van der Waals surface area contributed by atoms with Crippen LogP contribution in [0, 0.1) is 5.82 Å². The minimum Gasteiger partial charge on any atom is -0.389 e. The molecule has 1 aromatic carbocycles. The first-order valence-electron chi connectivity index (χ1n) is 6.75. The summed E-state index contributed by atoms with van der Waals surface area (Å²) < 4.78 is 20.7. The predicted molar refractivity (Wildman–Crippen MR) is 84.7 cm³/mol. The molecule has 6 heteroatoms. The molecule has 1 aromatic rings. The fourth-order valence-corrected chi connectivity index (χ4v) is 4.03. The second-order valence-electron chi connectivity index (χ2n) is 5.23. The number of halogens is 2. The molecule has 2 fully saturated rings. The highest BCUT2D eigenvalue weighted by molar-refractivity contribution is 9.10. The standard InChI is InChI=1S/C14H16BrFN2OS/c15-12-8(14(17)20)4-5-10(13(12)16)18-6-7-19-11-3-1-2-9(11)18/h4-5,9,11H,1-3,6-7H2,(H2,17,20). The molecule has 0 radical (unpaired) electrons. The molecule has 0 aromatic heterocycles. The molecule has 1 aliphatic heterocycles. The average Bonchev–Trinajstić information content (AvgIpc) is 2.89. The molecule has 1 aliphatic carbocycles. The van der Waals surface area contributed by atoms with Crippen molar-refractivity contribution >= 4 is 38.8 Å². The molecule has 0 bridgehead atoms. The Bertz CT molecular complexity index is 554. The highest BCUT2D eigenvalue weighted by atomic mass is 79.9. The molecular formula is C14H16BrFN2OS. The van der Waals surface area contributed by atoms with Crippen molar-refractivity contribution in [2.45, 2.75) is 31.4 Å². The van der Waals surface area contributed by atoms with E-state index in [1.165, 1.54) is 0 Å². The van der Waals surface area contributed by atoms with Crippen LogP contribution in [0.5, 0.6) is 0 Å². The summed E-state index contributed by atoms with van der Waals surface area (Å²) in [5, 5.41) is 0. The third-order valence-corrected chi connectivity index (χ3v) is 5.11. The van der Waals surface area contributed by atoms with Crippen LogP contribution >= 0.6 is 28.1 Å². The Morgan fingerprint density at radius 3 is 3.00 bits per heavy atom. The number of hydrogen-bond donors (Lipinski definition) is 1. The topological polar surface area (TPSA) is 38.5 Å². The van der Waals surface area contributed by atoms with Gasteiger partial charge in [0.1, 0.15) is 4.99 Å². The lowest BCUT2D eigenvalue weighted by Crippen LogP contribution is -2.49. The van der Waals surface area contributed by atoms with Crippen LogP contribution in [-0.2, 0) is 4.74 Å². The first kappa shape index (κ1) is 14.2. The van der Waals surface area contributed by atoms with Gasteiger partial charge < -0.3 is 15.4 Å². The Morgan fingerprint density at radius 2 is 2.25 bits per heavy atom. The van der Waals surface area contributed by atoms with Crippen LogP contribution in [-0.4, -0.2) is 30.3 Å². The van der Waals surface area contributed by atoms with Crippen molar-refractivity contribution < 1.29 is 9.13 Å². The van der Waals surface area contributed by atoms with Gasteiger partial charge in [-0.25, -0.2) is 4.39 Å². The van der Waals surface area contributed by atoms with Gasteiger partial charge >= 0.3 is 0 Å². The number of fused-ring (bicyclic) bond motifs is 1. The first-order valence-corrected chi connectivity index (χ1v) is 7.95. The van der Waals surface area contributed by atoms with Gasteiger partial charge in [-0.1, -0.05) is 12.2 Å². The second kappa shape index (κ2) is 5.58. The molecule has 3 nitrogen and oxygen atoms in total. The van der Waals surface area contributed by atoms with Crippen molar-refractivity contribution in [3.05, 3.63) is 28.0 Å². The smallest absolute Gasteiger partial charge is 0.161 e. The zero-order valence-corrected chi connectivity index (χ0v) is 13.3. The highest BCUT2D eigenvalue weighted by Crippen LogP contribution is 2.36. The fraction of sp³-hybridized carbons (Fsp3) is 0.500. The molecule has 2 atom stereocenters. The molecule has 1 saturated heterocycles. The van der Waals surface area contributed by atoms with Crippen LogP contribution in [0.1, 0.15) is 24.8 Å². The van der Waals surface area contributed by atoms with Gasteiger partial charge in [0, 0.05) is 12.1 Å². The van der Waals surface area contributed by atoms with E-state index in [-0.39, 0.29) is 23.0 Å². The van der Waals surface area contributed by atoms with Crippen molar-refractivity contribution in [3.8, 4) is 0 Å². The summed E-state index contributed by atoms with van der Waals surface area (Å²) in [4.78, 5) is 2.33. The Kier molecular flexibility index (Phi) is 3.97. The van der Waals surface area contributed by atoms with Crippen molar-refractivity contribution in [2.24, 2.45) is 5.73 Å². The van der Waals surface area contributed by atoms with E-state index in [9.17, 15) is 4.39 Å². The number of thiocarbonyl (C=S) groups is 1. The van der Waals surface area contributed by atoms with Gasteiger partial charge in [-0.3, -0.25) is 0 Å². The van der Waals surface area contributed by atoms with E-state index in [0.717, 1.165) is 25.8 Å². The molecule has 1 heterocycles. The van der Waals surface area contributed by atoms with Crippen molar-refractivity contribution in [1.29, 1.82) is 0 Å². The summed E-state index contributed by atoms with van der Waals surface area (Å²) in [7, 11) is 0. The number of nitrogens with two attached hydrogens (primary N) is 1. The van der Waals surface area contributed by atoms with Crippen molar-refractivity contribution in [1.82, 2.24) is 0 Å². The molecule has 2 N–H and O–H groups in total. The molecule has 1 saturated carbocycles. The largest absolute Gasteiger partial charge is 0.389 e. The maximum Gasteiger partial charge on any atom is 0.161 e. The van der Waals surface area contributed by atoms with Crippen molar-refractivity contribution in [2.75, 3.05) is 18.1 Å². The Labute approximate surface area is 131 Å². The monoisotopic (exact) mass is 358 g/mol. The number of benzene rings is 1. The molecule has 108 valence electrons. The lowest BCUT2D eigenvalue weighted by atomic mass is 10.1. The fourth-order valence-electron chi connectivity index (χ4n) is 3.18. The number of anilines is 1. The zero-order chi connectivity index (χ0) is 14.3. The summed E-state index contributed by atoms with van der Waals surface area (Å²) in [6.07, 6.45) is 3.49. The SMILES string of the molecule is NC(=S)c1ccc(N2CCOC3CCCC32)c(F)c1Br.